The SMILES string of the molecule is CCCc1nc(C)c(C(=O)NC[C@@H](C)N2CCc3ccccc32)s1. The summed E-state index contributed by atoms with van der Waals surface area (Å²) in [5.74, 6) is 0.00619. The molecule has 1 aromatic heterocycles. The highest BCUT2D eigenvalue weighted by molar-refractivity contribution is 7.13. The number of para-hydroxylation sites is 1. The molecule has 0 fully saturated rings. The molecule has 0 saturated carbocycles. The van der Waals surface area contributed by atoms with Crippen LogP contribution in [0.5, 0.6) is 0 Å². The number of carbonyl (C=O) groups excluding carboxylic acids is 1. The van der Waals surface area contributed by atoms with Crippen molar-refractivity contribution >= 4 is 22.9 Å². The number of amides is 1. The highest BCUT2D eigenvalue weighted by Crippen LogP contribution is 2.29. The monoisotopic (exact) mass is 343 g/mol. The third kappa shape index (κ3) is 3.46. The Balaban J connectivity index is 1.60. The third-order valence-corrected chi connectivity index (χ3v) is 5.74. The predicted octanol–water partition coefficient (Wildman–Crippen LogP) is 3.59. The molecule has 0 unspecified atom stereocenters. The van der Waals surface area contributed by atoms with Gasteiger partial charge >= 0.3 is 0 Å². The van der Waals surface area contributed by atoms with E-state index in [-0.39, 0.29) is 11.9 Å². The largest absolute Gasteiger partial charge is 0.366 e. The van der Waals surface area contributed by atoms with Crippen molar-refractivity contribution in [3.63, 3.8) is 0 Å². The summed E-state index contributed by atoms with van der Waals surface area (Å²) < 4.78 is 0. The molecule has 1 amide bonds. The molecule has 0 spiro atoms. The lowest BCUT2D eigenvalue weighted by molar-refractivity contribution is 0.0955. The molecule has 0 aliphatic carbocycles. The highest BCUT2D eigenvalue weighted by atomic mass is 32.1. The van der Waals surface area contributed by atoms with E-state index in [1.165, 1.54) is 22.6 Å². The van der Waals surface area contributed by atoms with Gasteiger partial charge in [-0.05, 0) is 44.7 Å². The second-order valence-electron chi connectivity index (χ2n) is 6.40. The fraction of sp³-hybridized carbons (Fsp3) is 0.474. The Morgan fingerprint density at radius 3 is 3.00 bits per heavy atom. The Labute approximate surface area is 147 Å². The van der Waals surface area contributed by atoms with Gasteiger partial charge in [0.25, 0.3) is 5.91 Å². The van der Waals surface area contributed by atoms with Crippen LogP contribution in [-0.2, 0) is 12.8 Å². The summed E-state index contributed by atoms with van der Waals surface area (Å²) in [6, 6.07) is 8.82. The number of rotatable bonds is 6. The Kier molecular flexibility index (Phi) is 5.19. The first-order valence-corrected chi connectivity index (χ1v) is 9.50. The Bertz CT molecular complexity index is 725. The van der Waals surface area contributed by atoms with Gasteiger partial charge in [0.05, 0.1) is 10.7 Å². The molecule has 3 rings (SSSR count). The molecule has 128 valence electrons. The van der Waals surface area contributed by atoms with E-state index in [1.807, 2.05) is 6.92 Å². The summed E-state index contributed by atoms with van der Waals surface area (Å²) in [6.07, 6.45) is 3.09. The van der Waals surface area contributed by atoms with E-state index in [0.717, 1.165) is 41.4 Å². The number of thiazole rings is 1. The molecule has 5 heteroatoms. The number of aryl methyl sites for hydroxylation is 2. The van der Waals surface area contributed by atoms with Crippen LogP contribution in [0.4, 0.5) is 5.69 Å². The molecule has 0 radical (unpaired) electrons. The van der Waals surface area contributed by atoms with Crippen LogP contribution in [0, 0.1) is 6.92 Å². The molecular weight excluding hydrogens is 318 g/mol. The quantitative estimate of drug-likeness (QED) is 0.872. The normalized spacial score (nSPS) is 14.5. The van der Waals surface area contributed by atoms with Gasteiger partial charge < -0.3 is 10.2 Å². The lowest BCUT2D eigenvalue weighted by Crippen LogP contribution is -2.41. The standard InChI is InChI=1S/C19H25N3OS/c1-4-7-17-21-14(3)18(24-17)19(23)20-12-13(2)22-11-10-15-8-5-6-9-16(15)22/h5-6,8-9,13H,4,7,10-12H2,1-3H3,(H,20,23)/t13-/m1/s1. The number of hydrogen-bond donors (Lipinski definition) is 1. The molecule has 1 aliphatic heterocycles. The van der Waals surface area contributed by atoms with Crippen LogP contribution in [-0.4, -0.2) is 30.0 Å². The predicted molar refractivity (Wildman–Crippen MR) is 100 cm³/mol. The Morgan fingerprint density at radius 1 is 1.42 bits per heavy atom. The summed E-state index contributed by atoms with van der Waals surface area (Å²) in [7, 11) is 0. The maximum absolute atomic E-state index is 12.5. The van der Waals surface area contributed by atoms with Gasteiger partial charge in [0.15, 0.2) is 0 Å². The van der Waals surface area contributed by atoms with Crippen LogP contribution >= 0.6 is 11.3 Å². The molecular formula is C19H25N3OS. The summed E-state index contributed by atoms with van der Waals surface area (Å²) in [6.45, 7) is 7.89. The van der Waals surface area contributed by atoms with E-state index in [9.17, 15) is 4.79 Å². The fourth-order valence-electron chi connectivity index (χ4n) is 3.24. The maximum atomic E-state index is 12.5. The van der Waals surface area contributed by atoms with E-state index < -0.39 is 0 Å². The van der Waals surface area contributed by atoms with Crippen molar-refractivity contribution < 1.29 is 4.79 Å². The number of benzene rings is 1. The minimum absolute atomic E-state index is 0.00619. The van der Waals surface area contributed by atoms with Crippen molar-refractivity contribution in [1.82, 2.24) is 10.3 Å². The molecule has 0 saturated heterocycles. The number of nitrogens with one attached hydrogen (secondary N) is 1. The van der Waals surface area contributed by atoms with Crippen LogP contribution in [0.2, 0.25) is 0 Å². The van der Waals surface area contributed by atoms with E-state index in [4.69, 9.17) is 0 Å². The molecule has 1 aromatic carbocycles. The van der Waals surface area contributed by atoms with Crippen molar-refractivity contribution in [2.75, 3.05) is 18.0 Å². The smallest absolute Gasteiger partial charge is 0.263 e. The van der Waals surface area contributed by atoms with Gasteiger partial charge in [0, 0.05) is 24.8 Å². The molecule has 24 heavy (non-hydrogen) atoms. The average molecular weight is 343 g/mol. The van der Waals surface area contributed by atoms with Gasteiger partial charge in [0.2, 0.25) is 0 Å². The van der Waals surface area contributed by atoms with E-state index in [2.05, 4.69) is 53.3 Å². The average Bonchev–Trinajstić information content (AvgIpc) is 3.16. The summed E-state index contributed by atoms with van der Waals surface area (Å²) in [5, 5.41) is 4.15. The first-order valence-electron chi connectivity index (χ1n) is 8.69. The first-order chi connectivity index (χ1) is 11.6. The van der Waals surface area contributed by atoms with Crippen molar-refractivity contribution in [3.8, 4) is 0 Å². The molecule has 1 aliphatic rings. The van der Waals surface area contributed by atoms with Gasteiger partial charge in [-0.25, -0.2) is 4.98 Å². The first kappa shape index (κ1) is 17.0. The zero-order chi connectivity index (χ0) is 17.1. The minimum atomic E-state index is 0.00619. The topological polar surface area (TPSA) is 45.2 Å². The van der Waals surface area contributed by atoms with Gasteiger partial charge in [0.1, 0.15) is 4.88 Å². The van der Waals surface area contributed by atoms with E-state index in [0.29, 0.717) is 6.54 Å². The van der Waals surface area contributed by atoms with Crippen LogP contribution in [0.1, 0.15) is 46.2 Å². The van der Waals surface area contributed by atoms with Crippen molar-refractivity contribution in [1.29, 1.82) is 0 Å². The number of aromatic nitrogens is 1. The molecule has 1 N–H and O–H groups in total. The second-order valence-corrected chi connectivity index (χ2v) is 7.49. The second kappa shape index (κ2) is 7.34. The molecule has 0 bridgehead atoms. The van der Waals surface area contributed by atoms with Gasteiger partial charge in [-0.15, -0.1) is 11.3 Å². The number of fused-ring (bicyclic) bond motifs is 1. The maximum Gasteiger partial charge on any atom is 0.263 e. The number of carbonyl (C=O) groups is 1. The van der Waals surface area contributed by atoms with Crippen molar-refractivity contribution in [2.45, 2.75) is 46.1 Å². The van der Waals surface area contributed by atoms with Crippen LogP contribution < -0.4 is 10.2 Å². The van der Waals surface area contributed by atoms with Crippen LogP contribution in [0.3, 0.4) is 0 Å². The molecule has 4 nitrogen and oxygen atoms in total. The molecule has 2 aromatic rings. The number of nitrogens with zero attached hydrogens (tertiary/aromatic N) is 2. The molecule has 1 atom stereocenters. The van der Waals surface area contributed by atoms with E-state index in [1.54, 1.807) is 0 Å². The third-order valence-electron chi connectivity index (χ3n) is 4.52. The lowest BCUT2D eigenvalue weighted by Gasteiger charge is -2.27. The highest BCUT2D eigenvalue weighted by Gasteiger charge is 2.23. The Hall–Kier alpha value is -1.88. The van der Waals surface area contributed by atoms with Gasteiger partial charge in [-0.1, -0.05) is 25.1 Å². The lowest BCUT2D eigenvalue weighted by atomic mass is 10.2. The van der Waals surface area contributed by atoms with Crippen molar-refractivity contribution in [3.05, 3.63) is 45.4 Å². The zero-order valence-electron chi connectivity index (χ0n) is 14.6. The summed E-state index contributed by atoms with van der Waals surface area (Å²) in [4.78, 5) is 20.1. The van der Waals surface area contributed by atoms with Crippen LogP contribution in [0.25, 0.3) is 0 Å². The summed E-state index contributed by atoms with van der Waals surface area (Å²) in [5.41, 5.74) is 3.55. The van der Waals surface area contributed by atoms with Gasteiger partial charge in [-0.2, -0.15) is 0 Å². The minimum Gasteiger partial charge on any atom is -0.366 e. The summed E-state index contributed by atoms with van der Waals surface area (Å²) >= 11 is 1.53. The fourth-order valence-corrected chi connectivity index (χ4v) is 4.32. The Morgan fingerprint density at radius 2 is 2.21 bits per heavy atom. The number of anilines is 1. The van der Waals surface area contributed by atoms with Crippen molar-refractivity contribution in [2.24, 2.45) is 0 Å². The van der Waals surface area contributed by atoms with Crippen LogP contribution in [0.15, 0.2) is 24.3 Å². The van der Waals surface area contributed by atoms with E-state index >= 15 is 0 Å². The zero-order valence-corrected chi connectivity index (χ0v) is 15.4. The number of hydrogen-bond acceptors (Lipinski definition) is 4. The molecule has 2 heterocycles. The van der Waals surface area contributed by atoms with Gasteiger partial charge in [-0.3, -0.25) is 4.79 Å².